The van der Waals surface area contributed by atoms with E-state index in [4.69, 9.17) is 4.42 Å². The summed E-state index contributed by atoms with van der Waals surface area (Å²) in [6, 6.07) is 11.7. The number of hydrogen-bond donors (Lipinski definition) is 0. The van der Waals surface area contributed by atoms with Gasteiger partial charge in [-0.3, -0.25) is 4.79 Å². The summed E-state index contributed by atoms with van der Waals surface area (Å²) in [4.78, 5) is 19.9. The van der Waals surface area contributed by atoms with E-state index in [0.29, 0.717) is 35.4 Å². The number of fused-ring (bicyclic) bond motifs is 1. The third-order valence-electron chi connectivity index (χ3n) is 3.25. The Labute approximate surface area is 122 Å². The van der Waals surface area contributed by atoms with Gasteiger partial charge in [0.25, 0.3) is 0 Å². The van der Waals surface area contributed by atoms with Gasteiger partial charge in [0.2, 0.25) is 5.89 Å². The molecule has 2 heterocycles. The number of aromatic nitrogens is 2. The smallest absolute Gasteiger partial charge is 0.246 e. The predicted octanol–water partition coefficient (Wildman–Crippen LogP) is 3.90. The largest absolute Gasteiger partial charge is 0.439 e. The normalized spacial score (nSPS) is 11.2. The van der Waals surface area contributed by atoms with Crippen LogP contribution in [0.3, 0.4) is 0 Å². The van der Waals surface area contributed by atoms with Crippen LogP contribution in [0.5, 0.6) is 0 Å². The molecule has 3 aromatic rings. The van der Waals surface area contributed by atoms with Crippen LogP contribution in [-0.2, 0) is 6.42 Å². The number of nitrogens with zero attached hydrogens (tertiary/aromatic N) is 2. The van der Waals surface area contributed by atoms with Crippen molar-refractivity contribution in [1.29, 1.82) is 0 Å². The number of oxazole rings is 1. The molecule has 106 valence electrons. The van der Waals surface area contributed by atoms with Crippen molar-refractivity contribution < 1.29 is 9.21 Å². The van der Waals surface area contributed by atoms with Gasteiger partial charge in [0, 0.05) is 11.8 Å². The molecule has 3 rings (SSSR count). The summed E-state index contributed by atoms with van der Waals surface area (Å²) in [7, 11) is 0. The van der Waals surface area contributed by atoms with Crippen LogP contribution < -0.4 is 0 Å². The van der Waals surface area contributed by atoms with E-state index in [0.717, 1.165) is 17.2 Å². The van der Waals surface area contributed by atoms with Gasteiger partial charge < -0.3 is 4.42 Å². The third kappa shape index (κ3) is 2.70. The molecule has 1 aromatic carbocycles. The molecular weight excluding hydrogens is 264 g/mol. The molecule has 4 nitrogen and oxygen atoms in total. The summed E-state index contributed by atoms with van der Waals surface area (Å²) in [6.45, 7) is 4.15. The Balaban J connectivity index is 2.05. The SMILES string of the molecule is CC(C)Cc1oc(-c2ccc3ccccc3n2)nc1C=O. The molecule has 0 radical (unpaired) electrons. The average Bonchev–Trinajstić information content (AvgIpc) is 2.89. The van der Waals surface area contributed by atoms with E-state index in [2.05, 4.69) is 23.8 Å². The molecule has 0 aliphatic carbocycles. The van der Waals surface area contributed by atoms with Crippen molar-refractivity contribution in [2.45, 2.75) is 20.3 Å². The van der Waals surface area contributed by atoms with Gasteiger partial charge in [0.1, 0.15) is 17.1 Å². The first-order valence-corrected chi connectivity index (χ1v) is 6.98. The maximum absolute atomic E-state index is 11.1. The maximum Gasteiger partial charge on any atom is 0.246 e. The number of aldehydes is 1. The molecule has 0 saturated heterocycles. The van der Waals surface area contributed by atoms with Crippen LogP contribution >= 0.6 is 0 Å². The average molecular weight is 280 g/mol. The molecule has 0 aliphatic heterocycles. The zero-order valence-electron chi connectivity index (χ0n) is 12.0. The van der Waals surface area contributed by atoms with Crippen LogP contribution in [0.2, 0.25) is 0 Å². The van der Waals surface area contributed by atoms with Crippen LogP contribution in [0.4, 0.5) is 0 Å². The molecule has 0 amide bonds. The molecule has 0 aliphatic rings. The molecule has 2 aromatic heterocycles. The fourth-order valence-electron chi connectivity index (χ4n) is 2.27. The highest BCUT2D eigenvalue weighted by Crippen LogP contribution is 2.24. The monoisotopic (exact) mass is 280 g/mol. The van der Waals surface area contributed by atoms with E-state index < -0.39 is 0 Å². The van der Waals surface area contributed by atoms with E-state index in [-0.39, 0.29) is 0 Å². The van der Waals surface area contributed by atoms with Gasteiger partial charge in [-0.25, -0.2) is 9.97 Å². The van der Waals surface area contributed by atoms with E-state index in [1.807, 2.05) is 36.4 Å². The highest BCUT2D eigenvalue weighted by atomic mass is 16.4. The summed E-state index contributed by atoms with van der Waals surface area (Å²) in [5.74, 6) is 1.43. The zero-order valence-corrected chi connectivity index (χ0v) is 12.0. The highest BCUT2D eigenvalue weighted by Gasteiger charge is 2.16. The second-order valence-electron chi connectivity index (χ2n) is 5.43. The number of carbonyl (C=O) groups is 1. The van der Waals surface area contributed by atoms with E-state index in [9.17, 15) is 4.79 Å². The molecule has 4 heteroatoms. The summed E-state index contributed by atoms with van der Waals surface area (Å²) in [5.41, 5.74) is 1.90. The highest BCUT2D eigenvalue weighted by molar-refractivity contribution is 5.81. The minimum atomic E-state index is 0.369. The van der Waals surface area contributed by atoms with Crippen molar-refractivity contribution in [3.8, 4) is 11.6 Å². The molecule has 0 fully saturated rings. The summed E-state index contributed by atoms with van der Waals surface area (Å²) in [5, 5.41) is 1.06. The van der Waals surface area contributed by atoms with Crippen LogP contribution in [0.15, 0.2) is 40.8 Å². The Morgan fingerprint density at radius 1 is 1.14 bits per heavy atom. The van der Waals surface area contributed by atoms with Gasteiger partial charge in [-0.1, -0.05) is 38.1 Å². The van der Waals surface area contributed by atoms with Crippen molar-refractivity contribution in [3.63, 3.8) is 0 Å². The Kier molecular flexibility index (Phi) is 3.52. The van der Waals surface area contributed by atoms with Crippen molar-refractivity contribution >= 4 is 17.2 Å². The van der Waals surface area contributed by atoms with Crippen molar-refractivity contribution in [2.24, 2.45) is 5.92 Å². The summed E-state index contributed by atoms with van der Waals surface area (Å²) >= 11 is 0. The van der Waals surface area contributed by atoms with Crippen LogP contribution in [0.1, 0.15) is 30.1 Å². The van der Waals surface area contributed by atoms with Gasteiger partial charge in [-0.2, -0.15) is 0 Å². The van der Waals surface area contributed by atoms with Crippen molar-refractivity contribution in [1.82, 2.24) is 9.97 Å². The number of carbonyl (C=O) groups excluding carboxylic acids is 1. The lowest BCUT2D eigenvalue weighted by Gasteiger charge is -2.01. The quantitative estimate of drug-likeness (QED) is 0.680. The standard InChI is InChI=1S/C17H16N2O2/c1-11(2)9-16-15(10-20)19-17(21-16)14-8-7-12-5-3-4-6-13(12)18-14/h3-8,10-11H,9H2,1-2H3. The van der Waals surface area contributed by atoms with E-state index >= 15 is 0 Å². The lowest BCUT2D eigenvalue weighted by atomic mass is 10.1. The second-order valence-corrected chi connectivity index (χ2v) is 5.43. The van der Waals surface area contributed by atoms with Gasteiger partial charge in [-0.05, 0) is 18.1 Å². The second kappa shape index (κ2) is 5.48. The number of para-hydroxylation sites is 1. The molecular formula is C17H16N2O2. The molecule has 0 atom stereocenters. The first-order valence-electron chi connectivity index (χ1n) is 6.98. The van der Waals surface area contributed by atoms with Gasteiger partial charge in [0.15, 0.2) is 6.29 Å². The van der Waals surface area contributed by atoms with Crippen LogP contribution in [0, 0.1) is 5.92 Å². The van der Waals surface area contributed by atoms with Crippen LogP contribution in [0.25, 0.3) is 22.5 Å². The molecule has 0 saturated carbocycles. The minimum absolute atomic E-state index is 0.369. The van der Waals surface area contributed by atoms with Gasteiger partial charge in [0.05, 0.1) is 5.52 Å². The lowest BCUT2D eigenvalue weighted by Crippen LogP contribution is -1.96. The summed E-state index contributed by atoms with van der Waals surface area (Å²) < 4.78 is 5.75. The van der Waals surface area contributed by atoms with Crippen molar-refractivity contribution in [3.05, 3.63) is 47.9 Å². The lowest BCUT2D eigenvalue weighted by molar-refractivity contribution is 0.111. The molecule has 21 heavy (non-hydrogen) atoms. The predicted molar refractivity (Wildman–Crippen MR) is 81.2 cm³/mol. The zero-order chi connectivity index (χ0) is 14.8. The fourth-order valence-corrected chi connectivity index (χ4v) is 2.27. The Hall–Kier alpha value is -2.49. The Bertz CT molecular complexity index is 790. The van der Waals surface area contributed by atoms with Gasteiger partial charge in [-0.15, -0.1) is 0 Å². The number of benzene rings is 1. The topological polar surface area (TPSA) is 56.0 Å². The number of rotatable bonds is 4. The Morgan fingerprint density at radius 2 is 1.95 bits per heavy atom. The third-order valence-corrected chi connectivity index (χ3v) is 3.25. The van der Waals surface area contributed by atoms with Crippen molar-refractivity contribution in [2.75, 3.05) is 0 Å². The first kappa shape index (κ1) is 13.5. The number of hydrogen-bond acceptors (Lipinski definition) is 4. The molecule has 0 unspecified atom stereocenters. The van der Waals surface area contributed by atoms with E-state index in [1.165, 1.54) is 0 Å². The minimum Gasteiger partial charge on any atom is -0.439 e. The maximum atomic E-state index is 11.1. The summed E-state index contributed by atoms with van der Waals surface area (Å²) in [6.07, 6.45) is 1.43. The van der Waals surface area contributed by atoms with E-state index in [1.54, 1.807) is 0 Å². The van der Waals surface area contributed by atoms with Crippen LogP contribution in [-0.4, -0.2) is 16.3 Å². The first-order chi connectivity index (χ1) is 10.2. The molecule has 0 N–H and O–H groups in total. The Morgan fingerprint density at radius 3 is 2.71 bits per heavy atom. The fraction of sp³-hybridized carbons (Fsp3) is 0.235. The van der Waals surface area contributed by atoms with Gasteiger partial charge >= 0.3 is 0 Å². The molecule has 0 spiro atoms. The molecule has 0 bridgehead atoms. The number of pyridine rings is 1.